The second kappa shape index (κ2) is 7.86. The first-order valence-electron chi connectivity index (χ1n) is 8.72. The van der Waals surface area contributed by atoms with E-state index in [-0.39, 0.29) is 12.7 Å². The number of amides is 1. The van der Waals surface area contributed by atoms with Gasteiger partial charge in [-0.1, -0.05) is 36.4 Å². The summed E-state index contributed by atoms with van der Waals surface area (Å²) >= 11 is 0. The van der Waals surface area contributed by atoms with Crippen molar-refractivity contribution in [3.8, 4) is 11.5 Å². The van der Waals surface area contributed by atoms with Crippen LogP contribution in [-0.4, -0.2) is 39.5 Å². The zero-order chi connectivity index (χ0) is 18.5. The van der Waals surface area contributed by atoms with E-state index in [4.69, 9.17) is 9.47 Å². The topological polar surface area (TPSA) is 91.2 Å². The summed E-state index contributed by atoms with van der Waals surface area (Å²) in [6, 6.07) is 15.1. The van der Waals surface area contributed by atoms with E-state index in [1.165, 1.54) is 11.0 Å². The maximum Gasteiger partial charge on any atom is 0.245 e. The van der Waals surface area contributed by atoms with Crippen molar-refractivity contribution in [3.63, 3.8) is 0 Å². The highest BCUT2D eigenvalue weighted by molar-refractivity contribution is 5.80. The van der Waals surface area contributed by atoms with Gasteiger partial charge in [0.15, 0.2) is 11.5 Å². The predicted octanol–water partition coefficient (Wildman–Crippen LogP) is 1.54. The summed E-state index contributed by atoms with van der Waals surface area (Å²) in [5.74, 6) is 1.38. The van der Waals surface area contributed by atoms with Crippen molar-refractivity contribution >= 4 is 5.91 Å². The Hall–Kier alpha value is -3.42. The number of nitrogens with one attached hydrogen (secondary N) is 1. The molecule has 1 aromatic heterocycles. The summed E-state index contributed by atoms with van der Waals surface area (Å²) in [7, 11) is 0. The molecule has 1 amide bonds. The number of carbonyl (C=O) groups excluding carboxylic acids is 1. The molecule has 8 nitrogen and oxygen atoms in total. The van der Waals surface area contributed by atoms with Gasteiger partial charge in [0.1, 0.15) is 12.4 Å². The van der Waals surface area contributed by atoms with Gasteiger partial charge in [-0.05, 0) is 40.1 Å². The highest BCUT2D eigenvalue weighted by atomic mass is 16.7. The molecule has 1 atom stereocenters. The molecule has 4 rings (SSSR count). The van der Waals surface area contributed by atoms with E-state index in [1.54, 1.807) is 0 Å². The number of rotatable bonds is 7. The standard InChI is InChI=1S/C19H19N5O3/c25-19(20-9-8-15-6-7-17-18(11-15)27-13-26-17)16(24-12-21-22-23-24)10-14-4-2-1-3-5-14/h1-7,11-12,16H,8-10,13H2,(H,20,25)/t16-/m1/s1. The van der Waals surface area contributed by atoms with Crippen LogP contribution < -0.4 is 14.8 Å². The first-order valence-corrected chi connectivity index (χ1v) is 8.72. The minimum atomic E-state index is -0.501. The summed E-state index contributed by atoms with van der Waals surface area (Å²) in [6.45, 7) is 0.758. The van der Waals surface area contributed by atoms with Gasteiger partial charge < -0.3 is 14.8 Å². The minimum Gasteiger partial charge on any atom is -0.454 e. The largest absolute Gasteiger partial charge is 0.454 e. The maximum absolute atomic E-state index is 12.8. The van der Waals surface area contributed by atoms with Gasteiger partial charge in [0.2, 0.25) is 12.7 Å². The number of nitrogens with zero attached hydrogens (tertiary/aromatic N) is 4. The van der Waals surface area contributed by atoms with Crippen LogP contribution in [0.4, 0.5) is 0 Å². The fraction of sp³-hybridized carbons (Fsp3) is 0.263. The quantitative estimate of drug-likeness (QED) is 0.683. The molecule has 1 aliphatic rings. The summed E-state index contributed by atoms with van der Waals surface area (Å²) < 4.78 is 12.2. The van der Waals surface area contributed by atoms with E-state index in [1.807, 2.05) is 48.5 Å². The Kier molecular flexibility index (Phi) is 4.95. The molecule has 1 aliphatic heterocycles. The van der Waals surface area contributed by atoms with Crippen LogP contribution in [0.5, 0.6) is 11.5 Å². The molecule has 1 N–H and O–H groups in total. The van der Waals surface area contributed by atoms with E-state index >= 15 is 0 Å². The number of carbonyl (C=O) groups is 1. The molecule has 0 unspecified atom stereocenters. The number of benzene rings is 2. The molecule has 8 heteroatoms. The lowest BCUT2D eigenvalue weighted by Crippen LogP contribution is -2.35. The molecule has 0 fully saturated rings. The summed E-state index contributed by atoms with van der Waals surface area (Å²) in [4.78, 5) is 12.8. The van der Waals surface area contributed by atoms with Crippen molar-refractivity contribution in [2.75, 3.05) is 13.3 Å². The molecule has 2 aromatic carbocycles. The number of ether oxygens (including phenoxy) is 2. The van der Waals surface area contributed by atoms with Crippen LogP contribution in [0.3, 0.4) is 0 Å². The lowest BCUT2D eigenvalue weighted by molar-refractivity contribution is -0.124. The SMILES string of the molecule is O=C(NCCc1ccc2c(c1)OCO2)[C@@H](Cc1ccccc1)n1cnnn1. The third-order valence-corrected chi connectivity index (χ3v) is 4.41. The van der Waals surface area contributed by atoms with Crippen molar-refractivity contribution < 1.29 is 14.3 Å². The second-order valence-electron chi connectivity index (χ2n) is 6.22. The molecule has 0 saturated heterocycles. The molecule has 0 radical (unpaired) electrons. The van der Waals surface area contributed by atoms with Crippen molar-refractivity contribution in [1.29, 1.82) is 0 Å². The maximum atomic E-state index is 12.8. The second-order valence-corrected chi connectivity index (χ2v) is 6.22. The lowest BCUT2D eigenvalue weighted by Gasteiger charge is -2.16. The van der Waals surface area contributed by atoms with Gasteiger partial charge >= 0.3 is 0 Å². The van der Waals surface area contributed by atoms with Crippen LogP contribution >= 0.6 is 0 Å². The summed E-state index contributed by atoms with van der Waals surface area (Å²) in [5.41, 5.74) is 2.12. The van der Waals surface area contributed by atoms with Crippen molar-refractivity contribution in [1.82, 2.24) is 25.5 Å². The third-order valence-electron chi connectivity index (χ3n) is 4.41. The highest BCUT2D eigenvalue weighted by Crippen LogP contribution is 2.32. The Balaban J connectivity index is 1.38. The molecule has 0 spiro atoms. The number of tetrazole rings is 1. The van der Waals surface area contributed by atoms with Crippen molar-refractivity contribution in [2.45, 2.75) is 18.9 Å². The van der Waals surface area contributed by atoms with Gasteiger partial charge in [-0.2, -0.15) is 0 Å². The average Bonchev–Trinajstić information content (AvgIpc) is 3.38. The molecular formula is C19H19N5O3. The molecule has 3 aromatic rings. The zero-order valence-electron chi connectivity index (χ0n) is 14.6. The van der Waals surface area contributed by atoms with E-state index in [0.29, 0.717) is 19.4 Å². The Morgan fingerprint density at radius 3 is 2.78 bits per heavy atom. The van der Waals surface area contributed by atoms with Gasteiger partial charge in [0.05, 0.1) is 0 Å². The van der Waals surface area contributed by atoms with Crippen molar-refractivity contribution in [3.05, 3.63) is 66.0 Å². The molecule has 27 heavy (non-hydrogen) atoms. The van der Waals surface area contributed by atoms with Gasteiger partial charge in [0.25, 0.3) is 0 Å². The minimum absolute atomic E-state index is 0.119. The fourth-order valence-corrected chi connectivity index (χ4v) is 3.00. The van der Waals surface area contributed by atoms with Crippen LogP contribution in [0, 0.1) is 0 Å². The smallest absolute Gasteiger partial charge is 0.245 e. The monoisotopic (exact) mass is 365 g/mol. The first-order chi connectivity index (χ1) is 13.3. The van der Waals surface area contributed by atoms with Crippen LogP contribution in [0.1, 0.15) is 17.2 Å². The number of hydrogen-bond acceptors (Lipinski definition) is 6. The average molecular weight is 365 g/mol. The van der Waals surface area contributed by atoms with Crippen molar-refractivity contribution in [2.24, 2.45) is 0 Å². The molecule has 0 saturated carbocycles. The zero-order valence-corrected chi connectivity index (χ0v) is 14.6. The number of hydrogen-bond donors (Lipinski definition) is 1. The first kappa shape index (κ1) is 17.0. The van der Waals surface area contributed by atoms with Gasteiger partial charge in [-0.15, -0.1) is 5.10 Å². The van der Waals surface area contributed by atoms with Crippen LogP contribution in [0.2, 0.25) is 0 Å². The van der Waals surface area contributed by atoms with E-state index in [9.17, 15) is 4.79 Å². The summed E-state index contributed by atoms with van der Waals surface area (Å²) in [6.07, 6.45) is 2.67. The van der Waals surface area contributed by atoms with E-state index < -0.39 is 6.04 Å². The van der Waals surface area contributed by atoms with Crippen LogP contribution in [0.15, 0.2) is 54.9 Å². The number of fused-ring (bicyclic) bond motifs is 1. The predicted molar refractivity (Wildman–Crippen MR) is 96.3 cm³/mol. The van der Waals surface area contributed by atoms with Crippen LogP contribution in [-0.2, 0) is 17.6 Å². The van der Waals surface area contributed by atoms with Crippen LogP contribution in [0.25, 0.3) is 0 Å². The Morgan fingerprint density at radius 2 is 1.96 bits per heavy atom. The third kappa shape index (κ3) is 4.05. The molecule has 0 aliphatic carbocycles. The fourth-order valence-electron chi connectivity index (χ4n) is 3.00. The molecule has 0 bridgehead atoms. The Labute approximate surface area is 156 Å². The normalized spacial score (nSPS) is 13.3. The Morgan fingerprint density at radius 1 is 1.11 bits per heavy atom. The molecule has 2 heterocycles. The van der Waals surface area contributed by atoms with Gasteiger partial charge in [-0.3, -0.25) is 4.79 Å². The molecule has 138 valence electrons. The van der Waals surface area contributed by atoms with E-state index in [0.717, 1.165) is 22.6 Å². The molecular weight excluding hydrogens is 346 g/mol. The summed E-state index contributed by atoms with van der Waals surface area (Å²) in [5, 5.41) is 14.2. The number of aromatic nitrogens is 4. The van der Waals surface area contributed by atoms with Gasteiger partial charge in [-0.25, -0.2) is 4.68 Å². The Bertz CT molecular complexity index is 899. The highest BCUT2D eigenvalue weighted by Gasteiger charge is 2.22. The van der Waals surface area contributed by atoms with Gasteiger partial charge in [0, 0.05) is 13.0 Å². The lowest BCUT2D eigenvalue weighted by atomic mass is 10.1. The van der Waals surface area contributed by atoms with E-state index in [2.05, 4.69) is 20.8 Å².